The van der Waals surface area contributed by atoms with Gasteiger partial charge in [-0.3, -0.25) is 9.59 Å². The third kappa shape index (κ3) is 2.90. The summed E-state index contributed by atoms with van der Waals surface area (Å²) in [5.74, 6) is -0.452. The molecule has 0 aliphatic rings. The molecule has 14 heavy (non-hydrogen) atoms. The second-order valence-electron chi connectivity index (χ2n) is 2.90. The Bertz CT molecular complexity index is 401. The molecule has 0 spiro atoms. The van der Waals surface area contributed by atoms with E-state index in [0.29, 0.717) is 12.1 Å². The molecule has 4 nitrogen and oxygen atoms in total. The SMILES string of the molecule is CC(=O)NCc1cccc(O)c(=O)c1. The van der Waals surface area contributed by atoms with Crippen molar-refractivity contribution in [2.45, 2.75) is 13.5 Å². The molecule has 0 saturated carbocycles. The van der Waals surface area contributed by atoms with Gasteiger partial charge >= 0.3 is 0 Å². The Hall–Kier alpha value is -1.84. The zero-order chi connectivity index (χ0) is 10.6. The van der Waals surface area contributed by atoms with E-state index in [2.05, 4.69) is 5.32 Å². The molecule has 1 amide bonds. The molecule has 0 atom stereocenters. The maximum Gasteiger partial charge on any atom is 0.220 e. The first kappa shape index (κ1) is 10.2. The topological polar surface area (TPSA) is 66.4 Å². The van der Waals surface area contributed by atoms with Crippen molar-refractivity contribution in [2.24, 2.45) is 0 Å². The molecular weight excluding hydrogens is 182 g/mol. The van der Waals surface area contributed by atoms with Crippen LogP contribution in [-0.4, -0.2) is 11.0 Å². The summed E-state index contributed by atoms with van der Waals surface area (Å²) >= 11 is 0. The number of amides is 1. The normalized spacial score (nSPS) is 9.50. The van der Waals surface area contributed by atoms with E-state index in [4.69, 9.17) is 5.11 Å². The van der Waals surface area contributed by atoms with Gasteiger partial charge in [0.2, 0.25) is 11.3 Å². The maximum atomic E-state index is 11.1. The third-order valence-corrected chi connectivity index (χ3v) is 1.67. The zero-order valence-corrected chi connectivity index (χ0v) is 7.78. The van der Waals surface area contributed by atoms with E-state index in [-0.39, 0.29) is 11.7 Å². The Morgan fingerprint density at radius 1 is 1.50 bits per heavy atom. The third-order valence-electron chi connectivity index (χ3n) is 1.67. The number of hydrogen-bond acceptors (Lipinski definition) is 3. The van der Waals surface area contributed by atoms with Gasteiger partial charge in [-0.05, 0) is 17.7 Å². The van der Waals surface area contributed by atoms with Crippen LogP contribution in [0.4, 0.5) is 0 Å². The molecule has 0 aliphatic carbocycles. The van der Waals surface area contributed by atoms with Crippen molar-refractivity contribution in [3.63, 3.8) is 0 Å². The van der Waals surface area contributed by atoms with Gasteiger partial charge in [0.15, 0.2) is 5.75 Å². The fourth-order valence-electron chi connectivity index (χ4n) is 0.972. The van der Waals surface area contributed by atoms with Crippen LogP contribution in [0.3, 0.4) is 0 Å². The van der Waals surface area contributed by atoms with Gasteiger partial charge in [0.25, 0.3) is 0 Å². The van der Waals surface area contributed by atoms with E-state index in [0.717, 1.165) is 0 Å². The lowest BCUT2D eigenvalue weighted by Gasteiger charge is -1.98. The van der Waals surface area contributed by atoms with E-state index in [1.54, 1.807) is 12.1 Å². The first-order chi connectivity index (χ1) is 6.59. The number of rotatable bonds is 2. The van der Waals surface area contributed by atoms with Gasteiger partial charge in [0.05, 0.1) is 0 Å². The molecule has 0 unspecified atom stereocenters. The number of carbonyl (C=O) groups excluding carboxylic acids is 1. The molecule has 0 fully saturated rings. The minimum absolute atomic E-state index is 0.159. The average Bonchev–Trinajstić information content (AvgIpc) is 2.26. The summed E-state index contributed by atoms with van der Waals surface area (Å²) in [6.45, 7) is 1.69. The summed E-state index contributed by atoms with van der Waals surface area (Å²) in [4.78, 5) is 21.7. The minimum Gasteiger partial charge on any atom is -0.504 e. The van der Waals surface area contributed by atoms with Crippen LogP contribution in [0.2, 0.25) is 0 Å². The number of aromatic hydroxyl groups is 1. The van der Waals surface area contributed by atoms with Crippen molar-refractivity contribution in [1.82, 2.24) is 5.32 Å². The fourth-order valence-corrected chi connectivity index (χ4v) is 0.972. The highest BCUT2D eigenvalue weighted by Crippen LogP contribution is 2.00. The highest BCUT2D eigenvalue weighted by atomic mass is 16.3. The lowest BCUT2D eigenvalue weighted by Crippen LogP contribution is -2.19. The summed E-state index contributed by atoms with van der Waals surface area (Å²) < 4.78 is 0. The van der Waals surface area contributed by atoms with E-state index in [9.17, 15) is 9.59 Å². The van der Waals surface area contributed by atoms with Crippen LogP contribution in [0.1, 0.15) is 12.5 Å². The fraction of sp³-hybridized carbons (Fsp3) is 0.200. The van der Waals surface area contributed by atoms with Gasteiger partial charge in [-0.15, -0.1) is 0 Å². The van der Waals surface area contributed by atoms with Crippen LogP contribution in [0.25, 0.3) is 0 Å². The highest BCUT2D eigenvalue weighted by molar-refractivity contribution is 5.72. The monoisotopic (exact) mass is 193 g/mol. The summed E-state index contributed by atoms with van der Waals surface area (Å²) in [7, 11) is 0. The summed E-state index contributed by atoms with van der Waals surface area (Å²) in [5.41, 5.74) is 0.209. The smallest absolute Gasteiger partial charge is 0.220 e. The molecule has 0 aliphatic heterocycles. The minimum atomic E-state index is -0.449. The van der Waals surface area contributed by atoms with Crippen LogP contribution in [0.15, 0.2) is 29.1 Å². The quantitative estimate of drug-likeness (QED) is 0.714. The van der Waals surface area contributed by atoms with Gasteiger partial charge < -0.3 is 10.4 Å². The van der Waals surface area contributed by atoms with Crippen molar-refractivity contribution in [2.75, 3.05) is 0 Å². The van der Waals surface area contributed by atoms with Crippen molar-refractivity contribution < 1.29 is 9.90 Å². The molecule has 74 valence electrons. The molecule has 0 bridgehead atoms. The summed E-state index contributed by atoms with van der Waals surface area (Å²) in [6, 6.07) is 5.84. The van der Waals surface area contributed by atoms with Crippen LogP contribution < -0.4 is 10.7 Å². The average molecular weight is 193 g/mol. The molecule has 0 radical (unpaired) electrons. The van der Waals surface area contributed by atoms with Gasteiger partial charge in [0.1, 0.15) is 0 Å². The number of nitrogens with one attached hydrogen (secondary N) is 1. The van der Waals surface area contributed by atoms with Crippen LogP contribution in [0.5, 0.6) is 5.75 Å². The van der Waals surface area contributed by atoms with Gasteiger partial charge in [0, 0.05) is 13.5 Å². The first-order valence-corrected chi connectivity index (χ1v) is 4.16. The number of carbonyl (C=O) groups is 1. The van der Waals surface area contributed by atoms with E-state index < -0.39 is 5.43 Å². The van der Waals surface area contributed by atoms with Crippen molar-refractivity contribution >= 4 is 5.91 Å². The Balaban J connectivity index is 2.90. The van der Waals surface area contributed by atoms with Crippen molar-refractivity contribution in [3.8, 4) is 5.75 Å². The molecule has 2 N–H and O–H groups in total. The first-order valence-electron chi connectivity index (χ1n) is 4.16. The Labute approximate surface area is 81.2 Å². The molecule has 0 saturated heterocycles. The second-order valence-corrected chi connectivity index (χ2v) is 2.90. The molecule has 4 heteroatoms. The van der Waals surface area contributed by atoms with Crippen molar-refractivity contribution in [1.29, 1.82) is 0 Å². The molecule has 1 rings (SSSR count). The van der Waals surface area contributed by atoms with Crippen LogP contribution in [0, 0.1) is 0 Å². The van der Waals surface area contributed by atoms with Gasteiger partial charge in [-0.2, -0.15) is 0 Å². The van der Waals surface area contributed by atoms with E-state index in [1.807, 2.05) is 0 Å². The molecule has 1 aromatic carbocycles. The maximum absolute atomic E-state index is 11.1. The summed E-state index contributed by atoms with van der Waals surface area (Å²) in [5, 5.41) is 11.6. The molecule has 0 heterocycles. The van der Waals surface area contributed by atoms with Crippen molar-refractivity contribution in [3.05, 3.63) is 40.1 Å². The molecular formula is C10H11NO3. The summed E-state index contributed by atoms with van der Waals surface area (Å²) in [6.07, 6.45) is 0. The predicted octanol–water partition coefficient (Wildman–Crippen LogP) is 0.388. The largest absolute Gasteiger partial charge is 0.504 e. The van der Waals surface area contributed by atoms with Crippen LogP contribution >= 0.6 is 0 Å². The van der Waals surface area contributed by atoms with E-state index >= 15 is 0 Å². The Morgan fingerprint density at radius 3 is 2.86 bits per heavy atom. The molecule has 1 aromatic rings. The highest BCUT2D eigenvalue weighted by Gasteiger charge is 1.96. The zero-order valence-electron chi connectivity index (χ0n) is 7.78. The lowest BCUT2D eigenvalue weighted by atomic mass is 10.3. The second kappa shape index (κ2) is 4.41. The standard InChI is InChI=1S/C10H11NO3/c1-7(12)11-6-8-3-2-4-9(13)10(14)5-8/h2-5H,6H2,1H3,(H,11,12)(H,13,14). The number of hydrogen-bond donors (Lipinski definition) is 2. The van der Waals surface area contributed by atoms with Gasteiger partial charge in [-0.1, -0.05) is 12.1 Å². The van der Waals surface area contributed by atoms with Gasteiger partial charge in [-0.25, -0.2) is 0 Å². The van der Waals surface area contributed by atoms with Crippen LogP contribution in [-0.2, 0) is 11.3 Å². The Morgan fingerprint density at radius 2 is 2.21 bits per heavy atom. The lowest BCUT2D eigenvalue weighted by molar-refractivity contribution is -0.119. The molecule has 0 aromatic heterocycles. The Kier molecular flexibility index (Phi) is 3.23. The predicted molar refractivity (Wildman–Crippen MR) is 51.9 cm³/mol. The van der Waals surface area contributed by atoms with E-state index in [1.165, 1.54) is 19.1 Å².